The molecule has 0 amide bonds. The number of hydrogen-bond donors (Lipinski definition) is 1. The fraction of sp³-hybridized carbons (Fsp3) is 0.182. The van der Waals surface area contributed by atoms with Crippen molar-refractivity contribution >= 4 is 38.8 Å². The topological polar surface area (TPSA) is 73.0 Å². The number of carbonyl (C=O) groups is 2. The van der Waals surface area contributed by atoms with E-state index in [0.717, 1.165) is 4.70 Å². The Bertz CT molecular complexity index is 574. The fourth-order valence-electron chi connectivity index (χ4n) is 1.39. The van der Waals surface area contributed by atoms with Gasteiger partial charge in [-0.1, -0.05) is 6.07 Å². The van der Waals surface area contributed by atoms with Crippen molar-refractivity contribution in [2.75, 3.05) is 5.73 Å². The van der Waals surface area contributed by atoms with Crippen LogP contribution >= 0.6 is 11.3 Å². The minimum absolute atomic E-state index is 0.0975. The molecule has 0 saturated carbocycles. The van der Waals surface area contributed by atoms with E-state index in [1.165, 1.54) is 18.3 Å². The Labute approximate surface area is 96.1 Å². The lowest BCUT2D eigenvalue weighted by Crippen LogP contribution is -2.04. The van der Waals surface area contributed by atoms with Crippen molar-refractivity contribution in [1.82, 2.24) is 4.98 Å². The van der Waals surface area contributed by atoms with Gasteiger partial charge in [0.1, 0.15) is 11.3 Å². The third kappa shape index (κ3) is 1.94. The Kier molecular flexibility index (Phi) is 2.70. The molecule has 0 aliphatic rings. The van der Waals surface area contributed by atoms with Crippen LogP contribution in [0.15, 0.2) is 18.2 Å². The Morgan fingerprint density at radius 1 is 1.44 bits per heavy atom. The summed E-state index contributed by atoms with van der Waals surface area (Å²) in [7, 11) is 0. The van der Waals surface area contributed by atoms with Crippen molar-refractivity contribution in [1.29, 1.82) is 0 Å². The summed E-state index contributed by atoms with van der Waals surface area (Å²) in [5, 5.41) is 0.350. The molecule has 1 aromatic carbocycles. The Morgan fingerprint density at radius 2 is 2.19 bits per heavy atom. The number of nitrogens with two attached hydrogens (primary N) is 1. The zero-order chi connectivity index (χ0) is 11.7. The number of benzene rings is 1. The van der Waals surface area contributed by atoms with Crippen LogP contribution in [-0.4, -0.2) is 16.6 Å². The molecule has 2 N–H and O–H groups in total. The molecule has 0 bridgehead atoms. The molecule has 0 spiro atoms. The summed E-state index contributed by atoms with van der Waals surface area (Å²) in [5.41, 5.74) is 6.93. The van der Waals surface area contributed by atoms with Crippen LogP contribution in [0.5, 0.6) is 0 Å². The van der Waals surface area contributed by atoms with Crippen molar-refractivity contribution in [3.63, 3.8) is 0 Å². The van der Waals surface area contributed by atoms with Gasteiger partial charge < -0.3 is 5.73 Å². The summed E-state index contributed by atoms with van der Waals surface area (Å²) in [4.78, 5) is 26.6. The van der Waals surface area contributed by atoms with Crippen LogP contribution in [0.2, 0.25) is 0 Å². The van der Waals surface area contributed by atoms with E-state index in [-0.39, 0.29) is 18.0 Å². The van der Waals surface area contributed by atoms with E-state index in [1.807, 2.05) is 12.1 Å². The lowest BCUT2D eigenvalue weighted by Gasteiger charge is -1.91. The van der Waals surface area contributed by atoms with Gasteiger partial charge in [0.05, 0.1) is 16.8 Å². The molecule has 5 heteroatoms. The van der Waals surface area contributed by atoms with Gasteiger partial charge in [-0.05, 0) is 19.1 Å². The highest BCUT2D eigenvalue weighted by Gasteiger charge is 2.14. The Hall–Kier alpha value is -1.75. The van der Waals surface area contributed by atoms with Gasteiger partial charge in [0.2, 0.25) is 0 Å². The summed E-state index contributed by atoms with van der Waals surface area (Å²) in [6.45, 7) is 1.39. The predicted octanol–water partition coefficient (Wildman–Crippen LogP) is 2.04. The second-order valence-corrected chi connectivity index (χ2v) is 4.55. The summed E-state index contributed by atoms with van der Waals surface area (Å²) < 4.78 is 0.868. The van der Waals surface area contributed by atoms with E-state index >= 15 is 0 Å². The smallest absolute Gasteiger partial charge is 0.198 e. The minimum atomic E-state index is -0.243. The van der Waals surface area contributed by atoms with Gasteiger partial charge in [-0.3, -0.25) is 9.59 Å². The number of aromatic nitrogens is 1. The van der Waals surface area contributed by atoms with Crippen molar-refractivity contribution in [3.05, 3.63) is 23.2 Å². The van der Waals surface area contributed by atoms with Crippen LogP contribution in [0.1, 0.15) is 23.1 Å². The van der Waals surface area contributed by atoms with E-state index in [1.54, 1.807) is 6.07 Å². The van der Waals surface area contributed by atoms with Gasteiger partial charge in [-0.25, -0.2) is 4.98 Å². The molecule has 82 valence electrons. The molecule has 2 aromatic rings. The molecule has 0 fully saturated rings. The minimum Gasteiger partial charge on any atom is -0.397 e. The largest absolute Gasteiger partial charge is 0.397 e. The van der Waals surface area contributed by atoms with E-state index in [9.17, 15) is 9.59 Å². The summed E-state index contributed by atoms with van der Waals surface area (Å²) in [6, 6.07) is 5.41. The molecule has 16 heavy (non-hydrogen) atoms. The molecule has 0 aliphatic carbocycles. The number of para-hydroxylation sites is 1. The van der Waals surface area contributed by atoms with Gasteiger partial charge in [0.25, 0.3) is 0 Å². The Balaban J connectivity index is 2.43. The lowest BCUT2D eigenvalue weighted by molar-refractivity contribution is -0.116. The molecule has 0 unspecified atom stereocenters. The quantitative estimate of drug-likeness (QED) is 0.501. The van der Waals surface area contributed by atoms with Crippen molar-refractivity contribution < 1.29 is 9.59 Å². The van der Waals surface area contributed by atoms with E-state index < -0.39 is 0 Å². The van der Waals surface area contributed by atoms with E-state index in [0.29, 0.717) is 16.2 Å². The third-order valence-corrected chi connectivity index (χ3v) is 3.16. The first-order chi connectivity index (χ1) is 7.58. The van der Waals surface area contributed by atoms with Gasteiger partial charge in [-0.15, -0.1) is 11.3 Å². The average Bonchev–Trinajstić information content (AvgIpc) is 2.61. The maximum Gasteiger partial charge on any atom is 0.198 e. The number of Topliss-reactive ketones (excluding diaryl/α,β-unsaturated/α-hetero) is 2. The molecule has 0 atom stereocenters. The predicted molar refractivity (Wildman–Crippen MR) is 63.7 cm³/mol. The number of carbonyl (C=O) groups excluding carboxylic acids is 2. The van der Waals surface area contributed by atoms with Crippen LogP contribution in [0, 0.1) is 0 Å². The monoisotopic (exact) mass is 234 g/mol. The first-order valence-electron chi connectivity index (χ1n) is 4.75. The number of thiazole rings is 1. The highest BCUT2D eigenvalue weighted by Crippen LogP contribution is 2.26. The first kappa shape index (κ1) is 10.8. The number of nitrogen functional groups attached to an aromatic ring is 1. The number of anilines is 1. The highest BCUT2D eigenvalue weighted by molar-refractivity contribution is 7.20. The molecule has 0 saturated heterocycles. The summed E-state index contributed by atoms with van der Waals surface area (Å²) in [6.07, 6.45) is -0.0975. The molecule has 4 nitrogen and oxygen atoms in total. The van der Waals surface area contributed by atoms with Crippen LogP contribution in [0.3, 0.4) is 0 Å². The number of rotatable bonds is 3. The molecular weight excluding hydrogens is 224 g/mol. The van der Waals surface area contributed by atoms with Crippen LogP contribution in [0.25, 0.3) is 10.2 Å². The second kappa shape index (κ2) is 4.02. The Morgan fingerprint density at radius 3 is 2.81 bits per heavy atom. The van der Waals surface area contributed by atoms with Crippen molar-refractivity contribution in [2.24, 2.45) is 0 Å². The molecule has 1 aromatic heterocycles. The maximum absolute atomic E-state index is 11.6. The van der Waals surface area contributed by atoms with E-state index in [2.05, 4.69) is 4.98 Å². The second-order valence-electron chi connectivity index (χ2n) is 3.51. The molecule has 1 heterocycles. The number of hydrogen-bond acceptors (Lipinski definition) is 5. The third-order valence-electron chi connectivity index (χ3n) is 2.10. The molecule has 0 radical (unpaired) electrons. The van der Waals surface area contributed by atoms with Gasteiger partial charge in [-0.2, -0.15) is 0 Å². The zero-order valence-corrected chi connectivity index (χ0v) is 9.50. The fourth-order valence-corrected chi connectivity index (χ4v) is 2.33. The lowest BCUT2D eigenvalue weighted by atomic mass is 10.2. The van der Waals surface area contributed by atoms with Gasteiger partial charge in [0.15, 0.2) is 10.8 Å². The number of nitrogens with zero attached hydrogens (tertiary/aromatic N) is 1. The summed E-state index contributed by atoms with van der Waals surface area (Å²) in [5.74, 6) is -0.398. The van der Waals surface area contributed by atoms with Crippen LogP contribution < -0.4 is 5.73 Å². The number of ketones is 2. The molecule has 0 aliphatic heterocycles. The number of fused-ring (bicyclic) bond motifs is 1. The first-order valence-corrected chi connectivity index (χ1v) is 5.57. The standard InChI is InChI=1S/C11H10N2O2S/c1-6(14)5-8(15)11-13-10-7(12)3-2-4-9(10)16-11/h2-4H,5,12H2,1H3. The van der Waals surface area contributed by atoms with Crippen molar-refractivity contribution in [2.45, 2.75) is 13.3 Å². The molecular formula is C11H10N2O2S. The maximum atomic E-state index is 11.6. The van der Waals surface area contributed by atoms with Gasteiger partial charge >= 0.3 is 0 Å². The molecule has 2 rings (SSSR count). The van der Waals surface area contributed by atoms with Crippen LogP contribution in [0.4, 0.5) is 5.69 Å². The summed E-state index contributed by atoms with van der Waals surface area (Å²) >= 11 is 1.27. The zero-order valence-electron chi connectivity index (χ0n) is 8.69. The average molecular weight is 234 g/mol. The SMILES string of the molecule is CC(=O)CC(=O)c1nc2c(N)cccc2s1. The normalized spacial score (nSPS) is 10.6. The van der Waals surface area contributed by atoms with Crippen LogP contribution in [-0.2, 0) is 4.79 Å². The highest BCUT2D eigenvalue weighted by atomic mass is 32.1. The van der Waals surface area contributed by atoms with E-state index in [4.69, 9.17) is 5.73 Å². The van der Waals surface area contributed by atoms with Crippen molar-refractivity contribution in [3.8, 4) is 0 Å². The van der Waals surface area contributed by atoms with Gasteiger partial charge in [0, 0.05) is 0 Å².